The number of anilines is 2. The quantitative estimate of drug-likeness (QED) is 0.732. The maximum Gasteiger partial charge on any atom is 0.416 e. The molecular formula is C23H23F3N6O. The minimum absolute atomic E-state index is 0.344. The van der Waals surface area contributed by atoms with Gasteiger partial charge in [-0.25, -0.2) is 0 Å². The summed E-state index contributed by atoms with van der Waals surface area (Å²) in [5, 5.41) is 3.17. The van der Waals surface area contributed by atoms with Crippen LogP contribution in [-0.2, 0) is 10.9 Å². The van der Waals surface area contributed by atoms with Crippen molar-refractivity contribution < 1.29 is 17.9 Å². The zero-order chi connectivity index (χ0) is 22.8. The van der Waals surface area contributed by atoms with E-state index >= 15 is 0 Å². The van der Waals surface area contributed by atoms with E-state index in [0.717, 1.165) is 12.1 Å². The Bertz CT molecular complexity index is 1120. The monoisotopic (exact) mass is 456 g/mol. The van der Waals surface area contributed by atoms with E-state index in [2.05, 4.69) is 25.3 Å². The number of aliphatic imine (C=N–C) groups is 1. The number of aromatic nitrogens is 3. The summed E-state index contributed by atoms with van der Waals surface area (Å²) < 4.78 is 44.5. The minimum atomic E-state index is -4.40. The van der Waals surface area contributed by atoms with Crippen LogP contribution < -0.4 is 10.2 Å². The Balaban J connectivity index is 1.41. The third-order valence-electron chi connectivity index (χ3n) is 5.67. The van der Waals surface area contributed by atoms with Gasteiger partial charge in [-0.3, -0.25) is 4.99 Å². The third-order valence-corrected chi connectivity index (χ3v) is 5.67. The molecule has 2 aliphatic heterocycles. The lowest BCUT2D eigenvalue weighted by atomic mass is 10.1. The Morgan fingerprint density at radius 1 is 1.06 bits per heavy atom. The number of nitrogens with zero attached hydrogens (tertiary/aromatic N) is 5. The zero-order valence-corrected chi connectivity index (χ0v) is 17.8. The molecule has 0 radical (unpaired) electrons. The van der Waals surface area contributed by atoms with E-state index in [1.807, 2.05) is 11.0 Å². The second-order valence-electron chi connectivity index (χ2n) is 8.19. The van der Waals surface area contributed by atoms with Crippen LogP contribution in [0, 0.1) is 5.92 Å². The number of amidine groups is 1. The highest BCUT2D eigenvalue weighted by Gasteiger charge is 2.30. The molecule has 2 aromatic rings. The molecule has 1 N–H and O–H groups in total. The van der Waals surface area contributed by atoms with Crippen molar-refractivity contribution in [1.82, 2.24) is 15.0 Å². The van der Waals surface area contributed by atoms with Crippen molar-refractivity contribution in [2.75, 3.05) is 43.1 Å². The van der Waals surface area contributed by atoms with Crippen molar-refractivity contribution in [1.29, 1.82) is 0 Å². The van der Waals surface area contributed by atoms with Gasteiger partial charge in [-0.15, -0.1) is 0 Å². The molecule has 3 aliphatic rings. The first-order chi connectivity index (χ1) is 15.9. The summed E-state index contributed by atoms with van der Waals surface area (Å²) in [5.74, 6) is 2.54. The number of ether oxygens (including phenoxy) is 1. The largest absolute Gasteiger partial charge is 0.416 e. The molecule has 33 heavy (non-hydrogen) atoms. The Morgan fingerprint density at radius 2 is 1.88 bits per heavy atom. The maximum absolute atomic E-state index is 13.0. The third kappa shape index (κ3) is 5.39. The highest BCUT2D eigenvalue weighted by atomic mass is 19.4. The molecule has 7 nitrogen and oxygen atoms in total. The molecule has 0 atom stereocenters. The summed E-state index contributed by atoms with van der Waals surface area (Å²) in [6.07, 6.45) is 3.24. The van der Waals surface area contributed by atoms with E-state index in [-0.39, 0.29) is 0 Å². The lowest BCUT2D eigenvalue weighted by Crippen LogP contribution is -2.37. The Labute approximate surface area is 189 Å². The molecular weight excluding hydrogens is 433 g/mol. The Kier molecular flexibility index (Phi) is 5.84. The van der Waals surface area contributed by atoms with E-state index in [9.17, 15) is 13.2 Å². The predicted molar refractivity (Wildman–Crippen MR) is 120 cm³/mol. The van der Waals surface area contributed by atoms with Crippen LogP contribution in [0.5, 0.6) is 0 Å². The van der Waals surface area contributed by atoms with Gasteiger partial charge in [-0.2, -0.15) is 28.1 Å². The van der Waals surface area contributed by atoms with Crippen LogP contribution in [0.25, 0.3) is 12.2 Å². The van der Waals surface area contributed by atoms with E-state index in [4.69, 9.17) is 4.74 Å². The van der Waals surface area contributed by atoms with Crippen molar-refractivity contribution in [2.24, 2.45) is 10.9 Å². The number of hydrogen-bond donors (Lipinski definition) is 1. The van der Waals surface area contributed by atoms with Crippen LogP contribution in [0.3, 0.4) is 0 Å². The van der Waals surface area contributed by atoms with Crippen molar-refractivity contribution in [3.63, 3.8) is 0 Å². The lowest BCUT2D eigenvalue weighted by molar-refractivity contribution is -0.137. The summed E-state index contributed by atoms with van der Waals surface area (Å²) >= 11 is 0. The molecule has 10 heteroatoms. The topological polar surface area (TPSA) is 75.5 Å². The summed E-state index contributed by atoms with van der Waals surface area (Å²) in [6.45, 7) is 3.13. The average Bonchev–Trinajstić information content (AvgIpc) is 3.57. The molecule has 1 aromatic heterocycles. The van der Waals surface area contributed by atoms with Gasteiger partial charge in [0, 0.05) is 13.1 Å². The molecule has 1 saturated carbocycles. The highest BCUT2D eigenvalue weighted by molar-refractivity contribution is 6.05. The smallest absolute Gasteiger partial charge is 0.378 e. The first kappa shape index (κ1) is 21.6. The fourth-order valence-electron chi connectivity index (χ4n) is 3.74. The average molecular weight is 456 g/mol. The Morgan fingerprint density at radius 3 is 2.64 bits per heavy atom. The molecule has 0 unspecified atom stereocenters. The van der Waals surface area contributed by atoms with Crippen molar-refractivity contribution in [3.8, 4) is 0 Å². The summed E-state index contributed by atoms with van der Waals surface area (Å²) in [6, 6.07) is 5.12. The SMILES string of the molecule is FC(F)(F)c1cccc(/C=C/c2nc(NC3=NCC(C4CC4)=C3)nc(N3CCOCC3)n2)c1. The van der Waals surface area contributed by atoms with E-state index in [0.29, 0.717) is 67.9 Å². The molecule has 0 amide bonds. The van der Waals surface area contributed by atoms with Crippen LogP contribution in [0.15, 0.2) is 40.9 Å². The summed E-state index contributed by atoms with van der Waals surface area (Å²) in [5.41, 5.74) is 1.03. The van der Waals surface area contributed by atoms with Gasteiger partial charge in [-0.05, 0) is 54.2 Å². The van der Waals surface area contributed by atoms with Crippen molar-refractivity contribution in [3.05, 3.63) is 52.9 Å². The van der Waals surface area contributed by atoms with E-state index in [1.54, 1.807) is 18.2 Å². The first-order valence-electron chi connectivity index (χ1n) is 10.9. The van der Waals surface area contributed by atoms with E-state index in [1.165, 1.54) is 24.5 Å². The van der Waals surface area contributed by atoms with Crippen LogP contribution in [0.2, 0.25) is 0 Å². The Hall–Kier alpha value is -3.27. The number of morpholine rings is 1. The number of benzene rings is 1. The molecule has 2 fully saturated rings. The van der Waals surface area contributed by atoms with Crippen molar-refractivity contribution in [2.45, 2.75) is 19.0 Å². The molecule has 172 valence electrons. The van der Waals surface area contributed by atoms with Crippen LogP contribution in [0.1, 0.15) is 29.8 Å². The summed E-state index contributed by atoms with van der Waals surface area (Å²) in [4.78, 5) is 20.0. The maximum atomic E-state index is 13.0. The van der Waals surface area contributed by atoms with Gasteiger partial charge >= 0.3 is 6.18 Å². The van der Waals surface area contributed by atoms with Crippen LogP contribution in [-0.4, -0.2) is 53.6 Å². The summed E-state index contributed by atoms with van der Waals surface area (Å²) in [7, 11) is 0. The van der Waals surface area contributed by atoms with Gasteiger partial charge in [0.25, 0.3) is 0 Å². The standard InChI is InChI=1S/C23H23F3N6O/c24-23(25,26)18-3-1-2-15(12-18)4-7-19-28-21(29-20-13-17(14-27-20)16-5-6-16)31-22(30-19)32-8-10-33-11-9-32/h1-4,7,12-13,16H,5-6,8-11,14H2,(H,27,28,29,30,31)/b7-4+. The van der Waals surface area contributed by atoms with Gasteiger partial charge < -0.3 is 15.0 Å². The number of rotatable bonds is 5. The van der Waals surface area contributed by atoms with Crippen molar-refractivity contribution >= 4 is 29.9 Å². The fraction of sp³-hybridized carbons (Fsp3) is 0.391. The van der Waals surface area contributed by atoms with E-state index < -0.39 is 11.7 Å². The second kappa shape index (κ2) is 8.93. The van der Waals surface area contributed by atoms with Gasteiger partial charge in [0.05, 0.1) is 25.3 Å². The van der Waals surface area contributed by atoms with Gasteiger partial charge in [-0.1, -0.05) is 18.2 Å². The molecule has 1 aliphatic carbocycles. The zero-order valence-electron chi connectivity index (χ0n) is 17.8. The molecule has 0 spiro atoms. The lowest BCUT2D eigenvalue weighted by Gasteiger charge is -2.27. The second-order valence-corrected chi connectivity index (χ2v) is 8.19. The van der Waals surface area contributed by atoms with Crippen LogP contribution in [0.4, 0.5) is 25.1 Å². The first-order valence-corrected chi connectivity index (χ1v) is 10.9. The normalized spacial score (nSPS) is 19.1. The molecule has 1 saturated heterocycles. The van der Waals surface area contributed by atoms with Gasteiger partial charge in [0.15, 0.2) is 5.82 Å². The predicted octanol–water partition coefficient (Wildman–Crippen LogP) is 4.06. The molecule has 0 bridgehead atoms. The number of alkyl halides is 3. The number of nitrogens with one attached hydrogen (secondary N) is 1. The molecule has 5 rings (SSSR count). The van der Waals surface area contributed by atoms with Gasteiger partial charge in [0.2, 0.25) is 11.9 Å². The highest BCUT2D eigenvalue weighted by Crippen LogP contribution is 2.37. The fourth-order valence-corrected chi connectivity index (χ4v) is 3.74. The number of hydrogen-bond acceptors (Lipinski definition) is 7. The minimum Gasteiger partial charge on any atom is -0.378 e. The molecule has 1 aromatic carbocycles. The van der Waals surface area contributed by atoms with Gasteiger partial charge in [0.1, 0.15) is 5.84 Å². The number of halogens is 3. The van der Waals surface area contributed by atoms with Crippen LogP contribution >= 0.6 is 0 Å². The molecule has 3 heterocycles.